The van der Waals surface area contributed by atoms with Crippen molar-refractivity contribution in [1.29, 1.82) is 0 Å². The van der Waals surface area contributed by atoms with Crippen LogP contribution >= 0.6 is 0 Å². The minimum absolute atomic E-state index is 0.0401. The molecule has 0 aliphatic heterocycles. The van der Waals surface area contributed by atoms with Gasteiger partial charge in [0, 0.05) is 19.0 Å². The van der Waals surface area contributed by atoms with Crippen LogP contribution in [-0.4, -0.2) is 43.0 Å². The summed E-state index contributed by atoms with van der Waals surface area (Å²) >= 11 is 0. The molecule has 2 aromatic rings. The summed E-state index contributed by atoms with van der Waals surface area (Å²) in [5.41, 5.74) is 3.17. The number of aryl methyl sites for hydroxylation is 2. The summed E-state index contributed by atoms with van der Waals surface area (Å²) in [4.78, 5) is 28.2. The van der Waals surface area contributed by atoms with Crippen molar-refractivity contribution in [3.8, 4) is 11.5 Å². The predicted octanol–water partition coefficient (Wildman–Crippen LogP) is 4.81. The average Bonchev–Trinajstić information content (AvgIpc) is 2.86. The van der Waals surface area contributed by atoms with Gasteiger partial charge in [0.15, 0.2) is 11.5 Å². The van der Waals surface area contributed by atoms with Gasteiger partial charge in [-0.3, -0.25) is 9.59 Å². The van der Waals surface area contributed by atoms with E-state index < -0.39 is 6.04 Å². The molecule has 2 amide bonds. The van der Waals surface area contributed by atoms with E-state index in [9.17, 15) is 9.59 Å². The van der Waals surface area contributed by atoms with E-state index in [4.69, 9.17) is 9.47 Å². The van der Waals surface area contributed by atoms with Crippen molar-refractivity contribution in [2.75, 3.05) is 14.2 Å². The van der Waals surface area contributed by atoms with Crippen molar-refractivity contribution in [2.45, 2.75) is 77.4 Å². The highest BCUT2D eigenvalue weighted by atomic mass is 16.5. The maximum Gasteiger partial charge on any atom is 0.242 e. The van der Waals surface area contributed by atoms with Crippen LogP contribution < -0.4 is 14.8 Å². The Bertz CT molecular complexity index is 951. The molecular formula is C28H38N2O4. The van der Waals surface area contributed by atoms with Crippen molar-refractivity contribution in [2.24, 2.45) is 0 Å². The monoisotopic (exact) mass is 466 g/mol. The first kappa shape index (κ1) is 25.6. The van der Waals surface area contributed by atoms with Crippen molar-refractivity contribution >= 4 is 11.8 Å². The van der Waals surface area contributed by atoms with Crippen LogP contribution in [0.1, 0.15) is 62.1 Å². The fourth-order valence-corrected chi connectivity index (χ4v) is 4.47. The number of carbonyl (C=O) groups is 2. The molecule has 6 heteroatoms. The average molecular weight is 467 g/mol. The first-order valence-electron chi connectivity index (χ1n) is 12.3. The second kappa shape index (κ2) is 12.4. The highest BCUT2D eigenvalue weighted by Crippen LogP contribution is 2.28. The lowest BCUT2D eigenvalue weighted by Crippen LogP contribution is -2.50. The quantitative estimate of drug-likeness (QED) is 0.546. The van der Waals surface area contributed by atoms with Crippen molar-refractivity contribution < 1.29 is 19.1 Å². The van der Waals surface area contributed by atoms with Gasteiger partial charge < -0.3 is 19.7 Å². The van der Waals surface area contributed by atoms with Crippen LogP contribution in [0.25, 0.3) is 0 Å². The molecule has 1 fully saturated rings. The van der Waals surface area contributed by atoms with E-state index in [-0.39, 0.29) is 17.9 Å². The van der Waals surface area contributed by atoms with Gasteiger partial charge in [0.25, 0.3) is 0 Å². The van der Waals surface area contributed by atoms with Crippen LogP contribution in [0.5, 0.6) is 11.5 Å². The zero-order valence-corrected chi connectivity index (χ0v) is 20.9. The molecule has 1 N–H and O–H groups in total. The molecule has 34 heavy (non-hydrogen) atoms. The Morgan fingerprint density at radius 2 is 1.62 bits per heavy atom. The van der Waals surface area contributed by atoms with Crippen LogP contribution in [0.3, 0.4) is 0 Å². The molecule has 2 aromatic carbocycles. The summed E-state index contributed by atoms with van der Waals surface area (Å²) in [5, 5.41) is 3.19. The number of rotatable bonds is 10. The van der Waals surface area contributed by atoms with Crippen molar-refractivity contribution in [3.05, 3.63) is 59.2 Å². The largest absolute Gasteiger partial charge is 0.493 e. The molecule has 1 atom stereocenters. The van der Waals surface area contributed by atoms with Gasteiger partial charge in [0.05, 0.1) is 14.2 Å². The van der Waals surface area contributed by atoms with Crippen LogP contribution in [0.4, 0.5) is 0 Å². The summed E-state index contributed by atoms with van der Waals surface area (Å²) in [6, 6.07) is 13.5. The lowest BCUT2D eigenvalue weighted by molar-refractivity contribution is -0.141. The predicted molar refractivity (Wildman–Crippen MR) is 134 cm³/mol. The number of ether oxygens (including phenoxy) is 2. The fraction of sp³-hybridized carbons (Fsp3) is 0.500. The SMILES string of the molecule is COc1ccc(CCC(=O)N(Cc2ccc(C)cc2)[C@H](C)C(=O)NC2CCCCC2)cc1OC. The van der Waals surface area contributed by atoms with E-state index in [1.54, 1.807) is 19.1 Å². The molecule has 0 aromatic heterocycles. The molecule has 0 bridgehead atoms. The van der Waals surface area contributed by atoms with Gasteiger partial charge in [-0.2, -0.15) is 0 Å². The van der Waals surface area contributed by atoms with Gasteiger partial charge in [-0.1, -0.05) is 55.2 Å². The standard InChI is InChI=1S/C28H38N2O4/c1-20-10-12-23(13-11-20)19-30(21(2)28(32)29-24-8-6-5-7-9-24)27(31)17-15-22-14-16-25(33-3)26(18-22)34-4/h10-14,16,18,21,24H,5-9,15,17,19H2,1-4H3,(H,29,32)/t21-/m1/s1. The molecule has 3 rings (SSSR count). The lowest BCUT2D eigenvalue weighted by atomic mass is 9.95. The highest BCUT2D eigenvalue weighted by Gasteiger charge is 2.28. The Hall–Kier alpha value is -3.02. The fourth-order valence-electron chi connectivity index (χ4n) is 4.47. The van der Waals surface area contributed by atoms with E-state index in [1.807, 2.05) is 56.3 Å². The Morgan fingerprint density at radius 3 is 2.26 bits per heavy atom. The zero-order valence-electron chi connectivity index (χ0n) is 20.9. The number of hydrogen-bond donors (Lipinski definition) is 1. The van der Waals surface area contributed by atoms with Gasteiger partial charge >= 0.3 is 0 Å². The van der Waals surface area contributed by atoms with Crippen molar-refractivity contribution in [3.63, 3.8) is 0 Å². The summed E-state index contributed by atoms with van der Waals surface area (Å²) in [6.07, 6.45) is 6.43. The third kappa shape index (κ3) is 6.99. The van der Waals surface area contributed by atoms with Gasteiger partial charge in [-0.15, -0.1) is 0 Å². The molecule has 1 saturated carbocycles. The maximum absolute atomic E-state index is 13.4. The van der Waals surface area contributed by atoms with E-state index >= 15 is 0 Å². The van der Waals surface area contributed by atoms with Crippen LogP contribution in [0.15, 0.2) is 42.5 Å². The Balaban J connectivity index is 1.71. The molecule has 0 heterocycles. The Morgan fingerprint density at radius 1 is 0.971 bits per heavy atom. The molecule has 0 radical (unpaired) electrons. The van der Waals surface area contributed by atoms with E-state index in [0.717, 1.165) is 42.4 Å². The molecule has 6 nitrogen and oxygen atoms in total. The van der Waals surface area contributed by atoms with Crippen molar-refractivity contribution in [1.82, 2.24) is 10.2 Å². The summed E-state index contributed by atoms with van der Waals surface area (Å²) in [6.45, 7) is 4.28. The number of benzene rings is 2. The topological polar surface area (TPSA) is 67.9 Å². The number of carbonyl (C=O) groups excluding carboxylic acids is 2. The lowest BCUT2D eigenvalue weighted by Gasteiger charge is -2.31. The van der Waals surface area contributed by atoms with Crippen LogP contribution in [0, 0.1) is 6.92 Å². The summed E-state index contributed by atoms with van der Waals surface area (Å²) in [5.74, 6) is 1.19. The molecule has 0 unspecified atom stereocenters. The van der Waals surface area contributed by atoms with Gasteiger partial charge in [0.1, 0.15) is 6.04 Å². The van der Waals surface area contributed by atoms with Gasteiger partial charge in [-0.25, -0.2) is 0 Å². The highest BCUT2D eigenvalue weighted by molar-refractivity contribution is 5.87. The van der Waals surface area contributed by atoms with E-state index in [2.05, 4.69) is 5.32 Å². The Labute approximate surface area is 203 Å². The number of nitrogens with one attached hydrogen (secondary N) is 1. The number of nitrogens with zero attached hydrogens (tertiary/aromatic N) is 1. The smallest absolute Gasteiger partial charge is 0.242 e. The summed E-state index contributed by atoms with van der Waals surface area (Å²) in [7, 11) is 3.20. The molecule has 1 aliphatic rings. The summed E-state index contributed by atoms with van der Waals surface area (Å²) < 4.78 is 10.7. The zero-order chi connectivity index (χ0) is 24.5. The van der Waals surface area contributed by atoms with E-state index in [1.165, 1.54) is 6.42 Å². The maximum atomic E-state index is 13.4. The minimum Gasteiger partial charge on any atom is -0.493 e. The first-order chi connectivity index (χ1) is 16.4. The molecule has 0 spiro atoms. The third-order valence-electron chi connectivity index (χ3n) is 6.67. The van der Waals surface area contributed by atoms with Gasteiger partial charge in [0.2, 0.25) is 11.8 Å². The first-order valence-corrected chi connectivity index (χ1v) is 12.3. The second-order valence-corrected chi connectivity index (χ2v) is 9.22. The molecular weight excluding hydrogens is 428 g/mol. The normalized spacial score (nSPS) is 14.8. The minimum atomic E-state index is -0.541. The second-order valence-electron chi connectivity index (χ2n) is 9.22. The third-order valence-corrected chi connectivity index (χ3v) is 6.67. The van der Waals surface area contributed by atoms with Crippen LogP contribution in [0.2, 0.25) is 0 Å². The van der Waals surface area contributed by atoms with Crippen LogP contribution in [-0.2, 0) is 22.6 Å². The molecule has 1 aliphatic carbocycles. The number of methoxy groups -OCH3 is 2. The molecule has 0 saturated heterocycles. The molecule has 184 valence electrons. The number of hydrogen-bond acceptors (Lipinski definition) is 4. The van der Waals surface area contributed by atoms with E-state index in [0.29, 0.717) is 30.9 Å². The van der Waals surface area contributed by atoms with Gasteiger partial charge in [-0.05, 0) is 56.4 Å². The Kier molecular flexibility index (Phi) is 9.37. The number of amides is 2.